The number of hydrogen-bond donors (Lipinski definition) is 2. The van der Waals surface area contributed by atoms with Crippen LogP contribution in [0.4, 0.5) is 5.82 Å². The Morgan fingerprint density at radius 3 is 2.95 bits per heavy atom. The quantitative estimate of drug-likeness (QED) is 0.807. The van der Waals surface area contributed by atoms with Gasteiger partial charge in [0.15, 0.2) is 0 Å². The Labute approximate surface area is 121 Å². The van der Waals surface area contributed by atoms with E-state index in [0.29, 0.717) is 12.1 Å². The van der Waals surface area contributed by atoms with Crippen LogP contribution in [0.1, 0.15) is 29.6 Å². The molecule has 0 bridgehead atoms. The maximum atomic E-state index is 11.9. The van der Waals surface area contributed by atoms with E-state index in [4.69, 9.17) is 5.73 Å². The second-order valence-electron chi connectivity index (χ2n) is 4.74. The summed E-state index contributed by atoms with van der Waals surface area (Å²) in [6, 6.07) is 1.69. The van der Waals surface area contributed by atoms with Gasteiger partial charge in [0.05, 0.1) is 5.56 Å². The van der Waals surface area contributed by atoms with Gasteiger partial charge in [-0.25, -0.2) is 4.98 Å². The van der Waals surface area contributed by atoms with Gasteiger partial charge in [0.25, 0.3) is 5.91 Å². The molecule has 1 aromatic heterocycles. The molecule has 2 heterocycles. The van der Waals surface area contributed by atoms with Crippen LogP contribution in [0.5, 0.6) is 0 Å². The number of carbonyl (C=O) groups is 1. The van der Waals surface area contributed by atoms with Crippen molar-refractivity contribution in [3.63, 3.8) is 0 Å². The van der Waals surface area contributed by atoms with E-state index in [9.17, 15) is 4.79 Å². The molecule has 0 saturated carbocycles. The largest absolute Gasteiger partial charge is 0.383 e. The molecule has 1 amide bonds. The van der Waals surface area contributed by atoms with Crippen molar-refractivity contribution in [1.29, 1.82) is 0 Å². The molecule has 104 valence electrons. The molecule has 1 saturated heterocycles. The molecule has 1 aliphatic heterocycles. The average molecular weight is 327 g/mol. The number of nitrogen functional groups attached to an aromatic ring is 1. The summed E-state index contributed by atoms with van der Waals surface area (Å²) in [7, 11) is 0. The fourth-order valence-corrected chi connectivity index (χ4v) is 2.57. The normalized spacial score (nSPS) is 15.6. The zero-order valence-corrected chi connectivity index (χ0v) is 12.4. The Hall–Kier alpha value is -1.14. The van der Waals surface area contributed by atoms with Crippen LogP contribution in [0, 0.1) is 0 Å². The van der Waals surface area contributed by atoms with Crippen molar-refractivity contribution in [3.05, 3.63) is 22.3 Å². The standard InChI is InChI=1S/C13H19BrN4O/c14-10-8-11(12(15)17-9-10)13(19)16-4-3-7-18-5-1-2-6-18/h8-9H,1-7H2,(H2,15,17)(H,16,19). The number of halogens is 1. The molecule has 5 nitrogen and oxygen atoms in total. The van der Waals surface area contributed by atoms with Crippen LogP contribution < -0.4 is 11.1 Å². The highest BCUT2D eigenvalue weighted by Crippen LogP contribution is 2.15. The van der Waals surface area contributed by atoms with E-state index in [-0.39, 0.29) is 11.7 Å². The van der Waals surface area contributed by atoms with E-state index in [1.807, 2.05) is 0 Å². The summed E-state index contributed by atoms with van der Waals surface area (Å²) in [6.07, 6.45) is 5.14. The van der Waals surface area contributed by atoms with Crippen molar-refractivity contribution in [2.45, 2.75) is 19.3 Å². The number of rotatable bonds is 5. The van der Waals surface area contributed by atoms with Gasteiger partial charge in [-0.05, 0) is 60.9 Å². The summed E-state index contributed by atoms with van der Waals surface area (Å²) in [6.45, 7) is 4.10. The van der Waals surface area contributed by atoms with Crippen molar-refractivity contribution < 1.29 is 4.79 Å². The van der Waals surface area contributed by atoms with Crippen LogP contribution in [-0.4, -0.2) is 42.0 Å². The van der Waals surface area contributed by atoms with E-state index < -0.39 is 0 Å². The summed E-state index contributed by atoms with van der Waals surface area (Å²) < 4.78 is 0.754. The lowest BCUT2D eigenvalue weighted by molar-refractivity contribution is 0.0952. The van der Waals surface area contributed by atoms with E-state index in [1.54, 1.807) is 12.3 Å². The van der Waals surface area contributed by atoms with E-state index in [1.165, 1.54) is 25.9 Å². The predicted octanol–water partition coefficient (Wildman–Crippen LogP) is 1.64. The van der Waals surface area contributed by atoms with Gasteiger partial charge in [-0.2, -0.15) is 0 Å². The van der Waals surface area contributed by atoms with Crippen LogP contribution in [0.2, 0.25) is 0 Å². The number of pyridine rings is 1. The molecule has 0 radical (unpaired) electrons. The third-order valence-electron chi connectivity index (χ3n) is 3.27. The molecule has 6 heteroatoms. The summed E-state index contributed by atoms with van der Waals surface area (Å²) in [5.74, 6) is 0.105. The number of aromatic nitrogens is 1. The lowest BCUT2D eigenvalue weighted by Crippen LogP contribution is -2.29. The van der Waals surface area contributed by atoms with Crippen molar-refractivity contribution in [2.75, 3.05) is 31.9 Å². The first kappa shape index (κ1) is 14.3. The minimum Gasteiger partial charge on any atom is -0.383 e. The molecular formula is C13H19BrN4O. The summed E-state index contributed by atoms with van der Waals surface area (Å²) in [5, 5.41) is 2.88. The van der Waals surface area contributed by atoms with Crippen molar-refractivity contribution >= 4 is 27.7 Å². The fourth-order valence-electron chi connectivity index (χ4n) is 2.24. The number of likely N-dealkylation sites (tertiary alicyclic amines) is 1. The predicted molar refractivity (Wildman–Crippen MR) is 79.0 cm³/mol. The number of hydrogen-bond acceptors (Lipinski definition) is 4. The topological polar surface area (TPSA) is 71.2 Å². The summed E-state index contributed by atoms with van der Waals surface area (Å²) in [5.41, 5.74) is 6.12. The molecular weight excluding hydrogens is 308 g/mol. The molecule has 19 heavy (non-hydrogen) atoms. The van der Waals surface area contributed by atoms with Gasteiger partial charge in [-0.15, -0.1) is 0 Å². The van der Waals surface area contributed by atoms with Gasteiger partial charge in [-0.3, -0.25) is 4.79 Å². The maximum Gasteiger partial charge on any atom is 0.255 e. The van der Waals surface area contributed by atoms with Crippen molar-refractivity contribution in [3.8, 4) is 0 Å². The highest BCUT2D eigenvalue weighted by atomic mass is 79.9. The monoisotopic (exact) mass is 326 g/mol. The van der Waals surface area contributed by atoms with Gasteiger partial charge in [-0.1, -0.05) is 0 Å². The Morgan fingerprint density at radius 2 is 2.21 bits per heavy atom. The average Bonchev–Trinajstić information content (AvgIpc) is 2.90. The molecule has 3 N–H and O–H groups in total. The Kier molecular flexibility index (Phi) is 5.15. The zero-order chi connectivity index (χ0) is 13.7. The number of carbonyl (C=O) groups excluding carboxylic acids is 1. The number of anilines is 1. The SMILES string of the molecule is Nc1ncc(Br)cc1C(=O)NCCCN1CCCC1. The lowest BCUT2D eigenvalue weighted by Gasteiger charge is -2.14. The fraction of sp³-hybridized carbons (Fsp3) is 0.538. The molecule has 1 aliphatic rings. The van der Waals surface area contributed by atoms with Crippen LogP contribution in [0.15, 0.2) is 16.7 Å². The molecule has 0 atom stereocenters. The van der Waals surface area contributed by atoms with Crippen molar-refractivity contribution in [2.24, 2.45) is 0 Å². The number of nitrogens with one attached hydrogen (secondary N) is 1. The van der Waals surface area contributed by atoms with Crippen LogP contribution in [0.25, 0.3) is 0 Å². The van der Waals surface area contributed by atoms with E-state index >= 15 is 0 Å². The minimum atomic E-state index is -0.160. The third kappa shape index (κ3) is 4.18. The first-order valence-electron chi connectivity index (χ1n) is 6.58. The second kappa shape index (κ2) is 6.86. The van der Waals surface area contributed by atoms with Gasteiger partial charge in [0.2, 0.25) is 0 Å². The van der Waals surface area contributed by atoms with Crippen LogP contribution in [-0.2, 0) is 0 Å². The summed E-state index contributed by atoms with van der Waals surface area (Å²) in [4.78, 5) is 18.3. The van der Waals surface area contributed by atoms with E-state index in [0.717, 1.165) is 17.4 Å². The molecule has 0 aliphatic carbocycles. The minimum absolute atomic E-state index is 0.160. The molecule has 0 spiro atoms. The maximum absolute atomic E-state index is 11.9. The number of nitrogens with zero attached hydrogens (tertiary/aromatic N) is 2. The molecule has 2 rings (SSSR count). The van der Waals surface area contributed by atoms with Gasteiger partial charge < -0.3 is 16.0 Å². The van der Waals surface area contributed by atoms with Crippen molar-refractivity contribution in [1.82, 2.24) is 15.2 Å². The number of nitrogens with two attached hydrogens (primary N) is 1. The van der Waals surface area contributed by atoms with Gasteiger partial charge in [0, 0.05) is 17.2 Å². The third-order valence-corrected chi connectivity index (χ3v) is 3.70. The Morgan fingerprint density at radius 1 is 1.47 bits per heavy atom. The van der Waals surface area contributed by atoms with Gasteiger partial charge >= 0.3 is 0 Å². The van der Waals surface area contributed by atoms with Crippen LogP contribution >= 0.6 is 15.9 Å². The highest BCUT2D eigenvalue weighted by molar-refractivity contribution is 9.10. The summed E-state index contributed by atoms with van der Waals surface area (Å²) >= 11 is 3.29. The molecule has 1 fully saturated rings. The smallest absolute Gasteiger partial charge is 0.255 e. The first-order chi connectivity index (χ1) is 9.16. The molecule has 0 unspecified atom stereocenters. The Balaban J connectivity index is 1.75. The number of amides is 1. The van der Waals surface area contributed by atoms with Crippen LogP contribution in [0.3, 0.4) is 0 Å². The first-order valence-corrected chi connectivity index (χ1v) is 7.37. The lowest BCUT2D eigenvalue weighted by atomic mass is 10.2. The molecule has 1 aromatic rings. The molecule has 0 aromatic carbocycles. The Bertz CT molecular complexity index is 446. The highest BCUT2D eigenvalue weighted by Gasteiger charge is 2.12. The van der Waals surface area contributed by atoms with E-state index in [2.05, 4.69) is 31.1 Å². The van der Waals surface area contributed by atoms with Gasteiger partial charge in [0.1, 0.15) is 5.82 Å². The zero-order valence-electron chi connectivity index (χ0n) is 10.9. The second-order valence-corrected chi connectivity index (χ2v) is 5.66.